The molecule has 1 heterocycles. The summed E-state index contributed by atoms with van der Waals surface area (Å²) < 4.78 is 12.4. The van der Waals surface area contributed by atoms with Crippen LogP contribution in [0.3, 0.4) is 0 Å². The molecule has 0 fully saturated rings. The molecule has 32 heavy (non-hydrogen) atoms. The Morgan fingerprint density at radius 3 is 2.50 bits per heavy atom. The second-order valence-electron chi connectivity index (χ2n) is 7.72. The molecule has 0 spiro atoms. The van der Waals surface area contributed by atoms with Crippen LogP contribution in [0.1, 0.15) is 35.4 Å². The Hall–Kier alpha value is -3.31. The molecule has 0 bridgehead atoms. The van der Waals surface area contributed by atoms with Gasteiger partial charge < -0.3 is 14.0 Å². The molecule has 0 N–H and O–H groups in total. The van der Waals surface area contributed by atoms with E-state index >= 15 is 0 Å². The smallest absolute Gasteiger partial charge is 0.309 e. The van der Waals surface area contributed by atoms with E-state index in [0.717, 1.165) is 44.3 Å². The zero-order valence-electron chi connectivity index (χ0n) is 18.3. The number of nitrogens with zero attached hydrogens (tertiary/aromatic N) is 2. The number of hydrogen-bond acceptors (Lipinski definition) is 4. The summed E-state index contributed by atoms with van der Waals surface area (Å²) in [6, 6.07) is 21.8. The lowest BCUT2D eigenvalue weighted by Crippen LogP contribution is -2.10. The van der Waals surface area contributed by atoms with E-state index in [1.165, 1.54) is 7.11 Å². The highest BCUT2D eigenvalue weighted by atomic mass is 35.5. The normalized spacial score (nSPS) is 12.0. The van der Waals surface area contributed by atoms with Crippen molar-refractivity contribution in [2.24, 2.45) is 0 Å². The fraction of sp³-hybridized carbons (Fsp3) is 0.231. The van der Waals surface area contributed by atoms with Gasteiger partial charge >= 0.3 is 5.97 Å². The SMILES string of the molecule is COC(=O)Cc1ccc(C(C)c2nc3cc(OC)ccc3n2Cc2ccccc2Cl)cc1. The third-order valence-electron chi connectivity index (χ3n) is 5.71. The number of methoxy groups -OCH3 is 2. The summed E-state index contributed by atoms with van der Waals surface area (Å²) in [6.07, 6.45) is 0.260. The summed E-state index contributed by atoms with van der Waals surface area (Å²) in [7, 11) is 3.05. The van der Waals surface area contributed by atoms with E-state index in [1.807, 2.05) is 66.7 Å². The van der Waals surface area contributed by atoms with Gasteiger partial charge in [0.2, 0.25) is 0 Å². The Labute approximate surface area is 192 Å². The van der Waals surface area contributed by atoms with Crippen molar-refractivity contribution in [2.45, 2.75) is 25.8 Å². The van der Waals surface area contributed by atoms with Crippen LogP contribution in [0, 0.1) is 0 Å². The third kappa shape index (κ3) is 4.48. The second-order valence-corrected chi connectivity index (χ2v) is 8.13. The number of hydrogen-bond donors (Lipinski definition) is 0. The summed E-state index contributed by atoms with van der Waals surface area (Å²) in [6.45, 7) is 2.75. The number of imidazole rings is 1. The number of carbonyl (C=O) groups is 1. The number of carbonyl (C=O) groups excluding carboxylic acids is 1. The minimum atomic E-state index is -0.249. The largest absolute Gasteiger partial charge is 0.497 e. The van der Waals surface area contributed by atoms with E-state index in [1.54, 1.807) is 7.11 Å². The van der Waals surface area contributed by atoms with Gasteiger partial charge in [0, 0.05) is 17.0 Å². The predicted molar refractivity (Wildman–Crippen MR) is 127 cm³/mol. The maximum Gasteiger partial charge on any atom is 0.309 e. The molecule has 0 aliphatic heterocycles. The lowest BCUT2D eigenvalue weighted by Gasteiger charge is -2.16. The topological polar surface area (TPSA) is 53.4 Å². The van der Waals surface area contributed by atoms with Crippen LogP contribution in [0.2, 0.25) is 5.02 Å². The van der Waals surface area contributed by atoms with Gasteiger partial charge in [-0.15, -0.1) is 0 Å². The minimum Gasteiger partial charge on any atom is -0.497 e. The second kappa shape index (κ2) is 9.45. The maximum atomic E-state index is 11.6. The molecule has 164 valence electrons. The van der Waals surface area contributed by atoms with Gasteiger partial charge in [0.05, 0.1) is 38.2 Å². The van der Waals surface area contributed by atoms with Gasteiger partial charge in [-0.1, -0.05) is 61.0 Å². The van der Waals surface area contributed by atoms with Gasteiger partial charge in [0.1, 0.15) is 11.6 Å². The van der Waals surface area contributed by atoms with Crippen molar-refractivity contribution in [3.05, 3.63) is 94.3 Å². The zero-order valence-corrected chi connectivity index (χ0v) is 19.1. The first-order valence-corrected chi connectivity index (χ1v) is 10.8. The highest BCUT2D eigenvalue weighted by Gasteiger charge is 2.20. The summed E-state index contributed by atoms with van der Waals surface area (Å²) in [5, 5.41) is 0.730. The average molecular weight is 449 g/mol. The highest BCUT2D eigenvalue weighted by Crippen LogP contribution is 2.31. The summed E-state index contributed by atoms with van der Waals surface area (Å²) >= 11 is 6.47. The van der Waals surface area contributed by atoms with Crippen LogP contribution in [-0.2, 0) is 22.5 Å². The zero-order chi connectivity index (χ0) is 22.7. The third-order valence-corrected chi connectivity index (χ3v) is 6.08. The van der Waals surface area contributed by atoms with Crippen molar-refractivity contribution in [1.82, 2.24) is 9.55 Å². The van der Waals surface area contributed by atoms with E-state index in [-0.39, 0.29) is 18.3 Å². The van der Waals surface area contributed by atoms with Gasteiger partial charge in [0.15, 0.2) is 0 Å². The first-order valence-electron chi connectivity index (χ1n) is 10.4. The molecule has 0 saturated carbocycles. The van der Waals surface area contributed by atoms with E-state index in [0.29, 0.717) is 6.54 Å². The molecule has 0 amide bonds. The van der Waals surface area contributed by atoms with Crippen LogP contribution < -0.4 is 4.74 Å². The Morgan fingerprint density at radius 2 is 1.81 bits per heavy atom. The quantitative estimate of drug-likeness (QED) is 0.344. The van der Waals surface area contributed by atoms with Crippen LogP contribution >= 0.6 is 11.6 Å². The molecule has 1 atom stereocenters. The van der Waals surface area contributed by atoms with Gasteiger partial charge in [-0.25, -0.2) is 4.98 Å². The predicted octanol–water partition coefficient (Wildman–Crippen LogP) is 5.61. The minimum absolute atomic E-state index is 0.0306. The van der Waals surface area contributed by atoms with Gasteiger partial charge in [-0.3, -0.25) is 4.79 Å². The van der Waals surface area contributed by atoms with Crippen molar-refractivity contribution < 1.29 is 14.3 Å². The van der Waals surface area contributed by atoms with E-state index in [4.69, 9.17) is 26.1 Å². The lowest BCUT2D eigenvalue weighted by atomic mass is 9.98. The number of esters is 1. The Morgan fingerprint density at radius 1 is 1.06 bits per heavy atom. The molecule has 0 saturated heterocycles. The summed E-state index contributed by atoms with van der Waals surface area (Å²) in [5.41, 5.74) is 4.96. The van der Waals surface area contributed by atoms with Crippen LogP contribution in [0.5, 0.6) is 5.75 Å². The van der Waals surface area contributed by atoms with Gasteiger partial charge in [-0.2, -0.15) is 0 Å². The molecule has 0 aliphatic rings. The summed E-state index contributed by atoms with van der Waals surface area (Å²) in [4.78, 5) is 16.5. The molecule has 1 aromatic heterocycles. The Bertz CT molecular complexity index is 1250. The maximum absolute atomic E-state index is 11.6. The standard InChI is InChI=1S/C26H25ClN2O3/c1-17(19-10-8-18(9-11-19)14-25(30)32-3)26-28-23-15-21(31-2)12-13-24(23)29(26)16-20-6-4-5-7-22(20)27/h4-13,15,17H,14,16H2,1-3H3. The van der Waals surface area contributed by atoms with Crippen molar-refractivity contribution in [3.63, 3.8) is 0 Å². The Balaban J connectivity index is 1.74. The molecule has 4 rings (SSSR count). The first kappa shape index (κ1) is 21.9. The lowest BCUT2D eigenvalue weighted by molar-refractivity contribution is -0.139. The number of rotatable bonds is 7. The van der Waals surface area contributed by atoms with E-state index in [9.17, 15) is 4.79 Å². The molecular formula is C26H25ClN2O3. The summed E-state index contributed by atoms with van der Waals surface area (Å²) in [5.74, 6) is 1.49. The molecular weight excluding hydrogens is 424 g/mol. The van der Waals surface area contributed by atoms with Crippen molar-refractivity contribution >= 4 is 28.6 Å². The fourth-order valence-electron chi connectivity index (χ4n) is 3.86. The van der Waals surface area contributed by atoms with Crippen LogP contribution in [0.4, 0.5) is 0 Å². The van der Waals surface area contributed by atoms with Crippen LogP contribution in [-0.4, -0.2) is 29.7 Å². The van der Waals surface area contributed by atoms with Crippen LogP contribution in [0.25, 0.3) is 11.0 Å². The van der Waals surface area contributed by atoms with E-state index < -0.39 is 0 Å². The number of fused-ring (bicyclic) bond motifs is 1. The number of aromatic nitrogens is 2. The first-order chi connectivity index (χ1) is 15.5. The molecule has 1 unspecified atom stereocenters. The Kier molecular flexibility index (Phi) is 6.47. The van der Waals surface area contributed by atoms with Gasteiger partial charge in [-0.05, 0) is 34.9 Å². The molecule has 0 radical (unpaired) electrons. The van der Waals surface area contributed by atoms with E-state index in [2.05, 4.69) is 11.5 Å². The molecule has 4 aromatic rings. The fourth-order valence-corrected chi connectivity index (χ4v) is 4.06. The molecule has 3 aromatic carbocycles. The van der Waals surface area contributed by atoms with Crippen LogP contribution in [0.15, 0.2) is 66.7 Å². The average Bonchev–Trinajstić information content (AvgIpc) is 3.17. The number of halogens is 1. The van der Waals surface area contributed by atoms with Crippen molar-refractivity contribution in [2.75, 3.05) is 14.2 Å². The molecule has 0 aliphatic carbocycles. The number of ether oxygens (including phenoxy) is 2. The van der Waals surface area contributed by atoms with Crippen molar-refractivity contribution in [3.8, 4) is 5.75 Å². The molecule has 6 heteroatoms. The van der Waals surface area contributed by atoms with Gasteiger partial charge in [0.25, 0.3) is 0 Å². The monoisotopic (exact) mass is 448 g/mol. The van der Waals surface area contributed by atoms with Crippen molar-refractivity contribution in [1.29, 1.82) is 0 Å². The number of benzene rings is 3. The highest BCUT2D eigenvalue weighted by molar-refractivity contribution is 6.31. The molecule has 5 nitrogen and oxygen atoms in total.